The third-order valence-corrected chi connectivity index (χ3v) is 3.61. The van der Waals surface area contributed by atoms with Gasteiger partial charge in [-0.3, -0.25) is 0 Å². The molecule has 1 aromatic carbocycles. The molecule has 0 amide bonds. The van der Waals surface area contributed by atoms with Crippen LogP contribution >= 0.6 is 27.3 Å². The normalized spacial score (nSPS) is 10.4. The minimum absolute atomic E-state index is 0.149. The van der Waals surface area contributed by atoms with Gasteiger partial charge in [-0.1, -0.05) is 18.2 Å². The summed E-state index contributed by atoms with van der Waals surface area (Å²) in [4.78, 5) is 4.19. The van der Waals surface area contributed by atoms with Gasteiger partial charge in [0, 0.05) is 11.9 Å². The maximum atomic E-state index is 13.3. The van der Waals surface area contributed by atoms with Crippen molar-refractivity contribution in [3.05, 3.63) is 45.6 Å². The van der Waals surface area contributed by atoms with Crippen molar-refractivity contribution in [3.8, 4) is 0 Å². The van der Waals surface area contributed by atoms with Gasteiger partial charge in [-0.2, -0.15) is 0 Å². The predicted molar refractivity (Wildman–Crippen MR) is 68.4 cm³/mol. The lowest BCUT2D eigenvalue weighted by Gasteiger charge is -2.03. The molecular formula is C11H10BrFN2S. The molecule has 2 nitrogen and oxygen atoms in total. The summed E-state index contributed by atoms with van der Waals surface area (Å²) in [5.41, 5.74) is 0.727. The van der Waals surface area contributed by atoms with Crippen molar-refractivity contribution in [3.63, 3.8) is 0 Å². The average Bonchev–Trinajstić information content (AvgIpc) is 2.67. The van der Waals surface area contributed by atoms with Crippen molar-refractivity contribution in [2.24, 2.45) is 0 Å². The van der Waals surface area contributed by atoms with Crippen molar-refractivity contribution >= 4 is 32.4 Å². The lowest BCUT2D eigenvalue weighted by atomic mass is 10.1. The molecule has 1 heterocycles. The van der Waals surface area contributed by atoms with E-state index in [2.05, 4.69) is 26.2 Å². The van der Waals surface area contributed by atoms with Gasteiger partial charge in [0.05, 0.1) is 0 Å². The molecule has 16 heavy (non-hydrogen) atoms. The van der Waals surface area contributed by atoms with Crippen LogP contribution in [0, 0.1) is 5.82 Å². The average molecular weight is 301 g/mol. The van der Waals surface area contributed by atoms with E-state index in [0.717, 1.165) is 15.3 Å². The second-order valence-electron chi connectivity index (χ2n) is 3.24. The number of nitrogens with one attached hydrogen (secondary N) is 1. The van der Waals surface area contributed by atoms with Crippen LogP contribution < -0.4 is 5.32 Å². The zero-order valence-corrected chi connectivity index (χ0v) is 10.8. The number of hydrogen-bond donors (Lipinski definition) is 1. The van der Waals surface area contributed by atoms with Crippen LogP contribution in [0.25, 0.3) is 0 Å². The Morgan fingerprint density at radius 3 is 2.88 bits per heavy atom. The van der Waals surface area contributed by atoms with Crippen molar-refractivity contribution in [1.29, 1.82) is 0 Å². The quantitative estimate of drug-likeness (QED) is 0.931. The molecule has 5 heteroatoms. The van der Waals surface area contributed by atoms with Gasteiger partial charge in [-0.25, -0.2) is 9.37 Å². The molecule has 2 rings (SSSR count). The largest absolute Gasteiger partial charge is 0.361 e. The van der Waals surface area contributed by atoms with Gasteiger partial charge in [-0.05, 0) is 34.0 Å². The highest BCUT2D eigenvalue weighted by Crippen LogP contribution is 2.19. The van der Waals surface area contributed by atoms with E-state index >= 15 is 0 Å². The molecular weight excluding hydrogens is 291 g/mol. The van der Waals surface area contributed by atoms with Crippen LogP contribution in [-0.2, 0) is 6.42 Å². The summed E-state index contributed by atoms with van der Waals surface area (Å²) in [5, 5.41) is 5.91. The lowest BCUT2D eigenvalue weighted by Crippen LogP contribution is -2.05. The SMILES string of the molecule is Fc1ccccc1CCNc1nc(Br)cs1. The van der Waals surface area contributed by atoms with Gasteiger partial charge in [0.1, 0.15) is 10.4 Å². The first-order chi connectivity index (χ1) is 7.75. The van der Waals surface area contributed by atoms with Crippen LogP contribution in [0.1, 0.15) is 5.56 Å². The Kier molecular flexibility index (Phi) is 3.90. The third-order valence-electron chi connectivity index (χ3n) is 2.10. The number of nitrogens with zero attached hydrogens (tertiary/aromatic N) is 1. The molecule has 0 fully saturated rings. The summed E-state index contributed by atoms with van der Waals surface area (Å²) in [6.45, 7) is 0.681. The summed E-state index contributed by atoms with van der Waals surface area (Å²) in [6, 6.07) is 6.83. The zero-order valence-electron chi connectivity index (χ0n) is 8.41. The topological polar surface area (TPSA) is 24.9 Å². The first kappa shape index (κ1) is 11.5. The van der Waals surface area contributed by atoms with E-state index in [1.807, 2.05) is 11.4 Å². The van der Waals surface area contributed by atoms with Crippen LogP contribution in [-0.4, -0.2) is 11.5 Å². The van der Waals surface area contributed by atoms with E-state index in [4.69, 9.17) is 0 Å². The molecule has 1 aromatic heterocycles. The highest BCUT2D eigenvalue weighted by Gasteiger charge is 2.01. The first-order valence-electron chi connectivity index (χ1n) is 4.84. The number of thiazole rings is 1. The van der Waals surface area contributed by atoms with E-state index in [0.29, 0.717) is 13.0 Å². The summed E-state index contributed by atoms with van der Waals surface area (Å²) < 4.78 is 14.1. The Bertz CT molecular complexity index is 473. The Hall–Kier alpha value is -0.940. The van der Waals surface area contributed by atoms with Gasteiger partial charge in [0.15, 0.2) is 5.13 Å². The van der Waals surface area contributed by atoms with Crippen molar-refractivity contribution in [2.45, 2.75) is 6.42 Å². The van der Waals surface area contributed by atoms with Crippen molar-refractivity contribution in [1.82, 2.24) is 4.98 Å². The van der Waals surface area contributed by atoms with E-state index in [1.165, 1.54) is 17.4 Å². The van der Waals surface area contributed by atoms with Gasteiger partial charge in [-0.15, -0.1) is 11.3 Å². The summed E-state index contributed by atoms with van der Waals surface area (Å²) in [6.07, 6.45) is 0.657. The Morgan fingerprint density at radius 2 is 2.19 bits per heavy atom. The van der Waals surface area contributed by atoms with Gasteiger partial charge in [0.2, 0.25) is 0 Å². The predicted octanol–water partition coefficient (Wildman–Crippen LogP) is 3.70. The number of aromatic nitrogens is 1. The van der Waals surface area contributed by atoms with Crippen LogP contribution in [0.3, 0.4) is 0 Å². The third kappa shape index (κ3) is 3.02. The van der Waals surface area contributed by atoms with Gasteiger partial charge < -0.3 is 5.32 Å². The van der Waals surface area contributed by atoms with Crippen LogP contribution in [0.15, 0.2) is 34.2 Å². The van der Waals surface area contributed by atoms with Crippen LogP contribution in [0.5, 0.6) is 0 Å². The Labute approximate surface area is 106 Å². The van der Waals surface area contributed by atoms with Gasteiger partial charge in [0.25, 0.3) is 0 Å². The molecule has 0 atom stereocenters. The van der Waals surface area contributed by atoms with E-state index in [-0.39, 0.29) is 5.82 Å². The molecule has 0 saturated heterocycles. The molecule has 0 unspecified atom stereocenters. The standard InChI is InChI=1S/C11H10BrFN2S/c12-10-7-16-11(15-10)14-6-5-8-3-1-2-4-9(8)13/h1-4,7H,5-6H2,(H,14,15). The maximum absolute atomic E-state index is 13.3. The van der Waals surface area contributed by atoms with E-state index in [1.54, 1.807) is 12.1 Å². The lowest BCUT2D eigenvalue weighted by molar-refractivity contribution is 0.610. The molecule has 0 aliphatic carbocycles. The highest BCUT2D eigenvalue weighted by atomic mass is 79.9. The Balaban J connectivity index is 1.87. The number of benzene rings is 1. The van der Waals surface area contributed by atoms with Crippen LogP contribution in [0.4, 0.5) is 9.52 Å². The summed E-state index contributed by atoms with van der Waals surface area (Å²) in [7, 11) is 0. The monoisotopic (exact) mass is 300 g/mol. The van der Waals surface area contributed by atoms with Crippen molar-refractivity contribution < 1.29 is 4.39 Å². The maximum Gasteiger partial charge on any atom is 0.183 e. The molecule has 0 aliphatic heterocycles. The second kappa shape index (κ2) is 5.41. The molecule has 84 valence electrons. The smallest absolute Gasteiger partial charge is 0.183 e. The number of rotatable bonds is 4. The number of halogens is 2. The zero-order chi connectivity index (χ0) is 11.4. The minimum atomic E-state index is -0.149. The van der Waals surface area contributed by atoms with E-state index < -0.39 is 0 Å². The second-order valence-corrected chi connectivity index (χ2v) is 4.91. The minimum Gasteiger partial charge on any atom is -0.361 e. The van der Waals surface area contributed by atoms with Crippen LogP contribution in [0.2, 0.25) is 0 Å². The fourth-order valence-electron chi connectivity index (χ4n) is 1.34. The number of anilines is 1. The van der Waals surface area contributed by atoms with Crippen molar-refractivity contribution in [2.75, 3.05) is 11.9 Å². The van der Waals surface area contributed by atoms with Gasteiger partial charge >= 0.3 is 0 Å². The fourth-order valence-corrected chi connectivity index (χ4v) is 2.51. The summed E-state index contributed by atoms with van der Waals surface area (Å²) in [5.74, 6) is -0.149. The van der Waals surface area contributed by atoms with E-state index in [9.17, 15) is 4.39 Å². The molecule has 1 N–H and O–H groups in total. The first-order valence-corrected chi connectivity index (χ1v) is 6.51. The highest BCUT2D eigenvalue weighted by molar-refractivity contribution is 9.10. The number of hydrogen-bond acceptors (Lipinski definition) is 3. The molecule has 0 aliphatic rings. The molecule has 0 spiro atoms. The molecule has 0 radical (unpaired) electrons. The molecule has 2 aromatic rings. The summed E-state index contributed by atoms with van der Waals surface area (Å²) >= 11 is 4.81. The fraction of sp³-hybridized carbons (Fsp3) is 0.182. The Morgan fingerprint density at radius 1 is 1.38 bits per heavy atom. The molecule has 0 bridgehead atoms. The molecule has 0 saturated carbocycles.